The van der Waals surface area contributed by atoms with Crippen molar-refractivity contribution >= 4 is 23.6 Å². The van der Waals surface area contributed by atoms with Crippen molar-refractivity contribution in [1.29, 1.82) is 0 Å². The minimum absolute atomic E-state index is 0.152. The number of nitrogens with zero attached hydrogens (tertiary/aromatic N) is 1. The predicted octanol–water partition coefficient (Wildman–Crippen LogP) is 3.20. The molecule has 0 atom stereocenters. The highest BCUT2D eigenvalue weighted by atomic mass is 32.2. The van der Waals surface area contributed by atoms with E-state index in [4.69, 9.17) is 0 Å². The molecule has 0 aromatic heterocycles. The number of rotatable bonds is 4. The van der Waals surface area contributed by atoms with Crippen LogP contribution in [-0.2, 0) is 0 Å². The molecular weight excluding hydrogens is 258 g/mol. The van der Waals surface area contributed by atoms with Gasteiger partial charge in [0, 0.05) is 11.3 Å². The fourth-order valence-electron chi connectivity index (χ4n) is 2.04. The molecule has 2 rings (SSSR count). The normalized spacial score (nSPS) is 15.0. The van der Waals surface area contributed by atoms with Crippen LogP contribution >= 0.6 is 11.8 Å². The molecular formula is C15H19NO2S. The smallest absolute Gasteiger partial charge is 0.261 e. The molecule has 0 spiro atoms. The summed E-state index contributed by atoms with van der Waals surface area (Å²) in [6, 6.07) is 7.03. The third-order valence-electron chi connectivity index (χ3n) is 2.94. The van der Waals surface area contributed by atoms with E-state index in [1.165, 1.54) is 4.90 Å². The minimum Gasteiger partial charge on any atom is -0.274 e. The number of benzene rings is 1. The molecule has 0 unspecified atom stereocenters. The lowest BCUT2D eigenvalue weighted by atomic mass is 10.1. The monoisotopic (exact) mass is 277 g/mol. The summed E-state index contributed by atoms with van der Waals surface area (Å²) in [4.78, 5) is 25.6. The number of hydrogen-bond acceptors (Lipinski definition) is 3. The number of imide groups is 1. The van der Waals surface area contributed by atoms with Gasteiger partial charge in [0.1, 0.15) is 0 Å². The zero-order valence-electron chi connectivity index (χ0n) is 11.6. The van der Waals surface area contributed by atoms with Crippen molar-refractivity contribution in [3.05, 3.63) is 35.4 Å². The van der Waals surface area contributed by atoms with Gasteiger partial charge < -0.3 is 0 Å². The van der Waals surface area contributed by atoms with Crippen LogP contribution in [0.25, 0.3) is 0 Å². The van der Waals surface area contributed by atoms with Crippen molar-refractivity contribution in [2.75, 3.05) is 12.3 Å². The number of thioether (sulfide) groups is 1. The van der Waals surface area contributed by atoms with Gasteiger partial charge in [0.15, 0.2) is 0 Å². The molecule has 0 fully saturated rings. The molecule has 1 heterocycles. The quantitative estimate of drug-likeness (QED) is 0.626. The maximum Gasteiger partial charge on any atom is 0.261 e. The van der Waals surface area contributed by atoms with Gasteiger partial charge in [-0.1, -0.05) is 32.9 Å². The summed E-state index contributed by atoms with van der Waals surface area (Å²) in [6.07, 6.45) is 0.841. The first-order valence-corrected chi connectivity index (χ1v) is 7.48. The lowest BCUT2D eigenvalue weighted by Gasteiger charge is -2.19. The van der Waals surface area contributed by atoms with Crippen molar-refractivity contribution in [2.45, 2.75) is 31.9 Å². The summed E-state index contributed by atoms with van der Waals surface area (Å²) in [5.41, 5.74) is 1.08. The standard InChI is InChI=1S/C15H19NO2S/c1-15(2,3)19-10-6-9-16-13(17)11-7-4-5-8-12(11)14(16)18/h4-5,7-8H,6,9-10H2,1-3H3. The Morgan fingerprint density at radius 1 is 1.05 bits per heavy atom. The summed E-state index contributed by atoms with van der Waals surface area (Å²) in [6.45, 7) is 7.01. The van der Waals surface area contributed by atoms with E-state index in [9.17, 15) is 9.59 Å². The van der Waals surface area contributed by atoms with Crippen LogP contribution in [-0.4, -0.2) is 33.8 Å². The Hall–Kier alpha value is -1.29. The molecule has 102 valence electrons. The summed E-state index contributed by atoms with van der Waals surface area (Å²) in [5.74, 6) is 0.652. The van der Waals surface area contributed by atoms with Crippen molar-refractivity contribution in [2.24, 2.45) is 0 Å². The van der Waals surface area contributed by atoms with Crippen LogP contribution in [0.4, 0.5) is 0 Å². The van der Waals surface area contributed by atoms with Crippen molar-refractivity contribution in [1.82, 2.24) is 4.90 Å². The summed E-state index contributed by atoms with van der Waals surface area (Å²) < 4.78 is 0.224. The highest BCUT2D eigenvalue weighted by molar-refractivity contribution is 8.00. The average molecular weight is 277 g/mol. The zero-order chi connectivity index (χ0) is 14.0. The Kier molecular flexibility index (Phi) is 3.99. The van der Waals surface area contributed by atoms with E-state index in [1.54, 1.807) is 24.3 Å². The molecule has 1 aliphatic rings. The molecule has 2 amide bonds. The van der Waals surface area contributed by atoms with Crippen LogP contribution in [0.3, 0.4) is 0 Å². The van der Waals surface area contributed by atoms with Gasteiger partial charge in [-0.15, -0.1) is 0 Å². The average Bonchev–Trinajstić information content (AvgIpc) is 2.58. The first kappa shape index (κ1) is 14.1. The number of hydrogen-bond donors (Lipinski definition) is 0. The summed E-state index contributed by atoms with van der Waals surface area (Å²) >= 11 is 1.85. The van der Waals surface area contributed by atoms with Crippen LogP contribution < -0.4 is 0 Å². The van der Waals surface area contributed by atoms with E-state index >= 15 is 0 Å². The van der Waals surface area contributed by atoms with Gasteiger partial charge in [-0.05, 0) is 24.3 Å². The van der Waals surface area contributed by atoms with Crippen LogP contribution in [0.5, 0.6) is 0 Å². The number of amides is 2. The SMILES string of the molecule is CC(C)(C)SCCCN1C(=O)c2ccccc2C1=O. The highest BCUT2D eigenvalue weighted by Gasteiger charge is 2.34. The van der Waals surface area contributed by atoms with Crippen molar-refractivity contribution in [3.63, 3.8) is 0 Å². The second-order valence-electron chi connectivity index (χ2n) is 5.62. The summed E-state index contributed by atoms with van der Waals surface area (Å²) in [7, 11) is 0. The molecule has 0 N–H and O–H groups in total. The highest BCUT2D eigenvalue weighted by Crippen LogP contribution is 2.25. The Morgan fingerprint density at radius 3 is 2.05 bits per heavy atom. The molecule has 1 aromatic rings. The maximum atomic E-state index is 12.1. The largest absolute Gasteiger partial charge is 0.274 e. The van der Waals surface area contributed by atoms with E-state index in [-0.39, 0.29) is 16.6 Å². The second kappa shape index (κ2) is 5.37. The zero-order valence-corrected chi connectivity index (χ0v) is 12.4. The fraction of sp³-hybridized carbons (Fsp3) is 0.467. The van der Waals surface area contributed by atoms with Gasteiger partial charge in [-0.25, -0.2) is 0 Å². The van der Waals surface area contributed by atoms with Gasteiger partial charge >= 0.3 is 0 Å². The molecule has 0 saturated heterocycles. The molecule has 1 aliphatic heterocycles. The second-order valence-corrected chi connectivity index (χ2v) is 7.54. The molecule has 0 bridgehead atoms. The molecule has 0 radical (unpaired) electrons. The van der Waals surface area contributed by atoms with E-state index < -0.39 is 0 Å². The molecule has 1 aromatic carbocycles. The van der Waals surface area contributed by atoms with Crippen LogP contribution in [0.1, 0.15) is 47.9 Å². The van der Waals surface area contributed by atoms with Crippen molar-refractivity contribution < 1.29 is 9.59 Å². The molecule has 0 saturated carbocycles. The van der Waals surface area contributed by atoms with Crippen LogP contribution in [0.2, 0.25) is 0 Å². The molecule has 4 heteroatoms. The number of carbonyl (C=O) groups is 2. The van der Waals surface area contributed by atoms with E-state index in [0.29, 0.717) is 17.7 Å². The van der Waals surface area contributed by atoms with Crippen molar-refractivity contribution in [3.8, 4) is 0 Å². The summed E-state index contributed by atoms with van der Waals surface area (Å²) in [5, 5.41) is 0. The minimum atomic E-state index is -0.152. The van der Waals surface area contributed by atoms with Gasteiger partial charge in [-0.3, -0.25) is 14.5 Å². The lowest BCUT2D eigenvalue weighted by Crippen LogP contribution is -2.31. The van der Waals surface area contributed by atoms with Gasteiger partial charge in [-0.2, -0.15) is 11.8 Å². The van der Waals surface area contributed by atoms with E-state index in [2.05, 4.69) is 20.8 Å². The third-order valence-corrected chi connectivity index (χ3v) is 4.30. The Labute approximate surface area is 118 Å². The Bertz CT molecular complexity index is 470. The molecule has 3 nitrogen and oxygen atoms in total. The molecule has 0 aliphatic carbocycles. The Balaban J connectivity index is 1.94. The third kappa shape index (κ3) is 3.18. The van der Waals surface area contributed by atoms with Crippen LogP contribution in [0.15, 0.2) is 24.3 Å². The first-order valence-electron chi connectivity index (χ1n) is 6.49. The first-order chi connectivity index (χ1) is 8.90. The van der Waals surface area contributed by atoms with Crippen LogP contribution in [0, 0.1) is 0 Å². The van der Waals surface area contributed by atoms with E-state index in [0.717, 1.165) is 12.2 Å². The van der Waals surface area contributed by atoms with Gasteiger partial charge in [0.05, 0.1) is 11.1 Å². The predicted molar refractivity (Wildman–Crippen MR) is 78.6 cm³/mol. The maximum absolute atomic E-state index is 12.1. The van der Waals surface area contributed by atoms with E-state index in [1.807, 2.05) is 11.8 Å². The topological polar surface area (TPSA) is 37.4 Å². The number of carbonyl (C=O) groups excluding carboxylic acids is 2. The molecule has 19 heavy (non-hydrogen) atoms. The number of fused-ring (bicyclic) bond motifs is 1. The lowest BCUT2D eigenvalue weighted by molar-refractivity contribution is 0.0655. The fourth-order valence-corrected chi connectivity index (χ4v) is 2.93. The Morgan fingerprint density at radius 2 is 1.58 bits per heavy atom. The van der Waals surface area contributed by atoms with Gasteiger partial charge in [0.2, 0.25) is 0 Å². The van der Waals surface area contributed by atoms with Gasteiger partial charge in [0.25, 0.3) is 11.8 Å².